The molecule has 1 atom stereocenters. The number of nitrogens with zero attached hydrogens (tertiary/aromatic N) is 3. The molecule has 0 fully saturated rings. The van der Waals surface area contributed by atoms with Gasteiger partial charge in [0.25, 0.3) is 15.9 Å². The minimum absolute atomic E-state index is 0.151. The molecule has 3 heterocycles. The molecule has 1 unspecified atom stereocenters. The first-order valence-corrected chi connectivity index (χ1v) is 14.4. The second-order valence-electron chi connectivity index (χ2n) is 9.39. The van der Waals surface area contributed by atoms with Crippen LogP contribution in [0.15, 0.2) is 96.2 Å². The van der Waals surface area contributed by atoms with Crippen LogP contribution in [0, 0.1) is 6.92 Å². The van der Waals surface area contributed by atoms with Crippen LogP contribution in [0.4, 0.5) is 0 Å². The summed E-state index contributed by atoms with van der Waals surface area (Å²) in [6.07, 6.45) is 3.13. The van der Waals surface area contributed by atoms with E-state index in [0.29, 0.717) is 22.5 Å². The zero-order valence-corrected chi connectivity index (χ0v) is 23.0. The van der Waals surface area contributed by atoms with Gasteiger partial charge in [0.15, 0.2) is 5.65 Å². The van der Waals surface area contributed by atoms with Crippen molar-refractivity contribution in [3.05, 3.63) is 107 Å². The number of benzene rings is 2. The van der Waals surface area contributed by atoms with Crippen molar-refractivity contribution in [1.82, 2.24) is 19.2 Å². The third kappa shape index (κ3) is 5.13. The van der Waals surface area contributed by atoms with E-state index in [4.69, 9.17) is 0 Å². The molecular weight excluding hydrogens is 516 g/mol. The van der Waals surface area contributed by atoms with E-state index < -0.39 is 10.0 Å². The van der Waals surface area contributed by atoms with Gasteiger partial charge in [-0.3, -0.25) is 4.79 Å². The van der Waals surface area contributed by atoms with Gasteiger partial charge in [0.05, 0.1) is 15.8 Å². The highest BCUT2D eigenvalue weighted by atomic mass is 32.2. The van der Waals surface area contributed by atoms with Gasteiger partial charge in [-0.15, -0.1) is 11.3 Å². The van der Waals surface area contributed by atoms with Crippen LogP contribution < -0.4 is 5.32 Å². The Kier molecular flexibility index (Phi) is 7.16. The average molecular weight is 545 g/mol. The normalized spacial score (nSPS) is 12.6. The Labute approximate surface area is 226 Å². The molecule has 5 aromatic rings. The van der Waals surface area contributed by atoms with Crippen molar-refractivity contribution >= 4 is 38.3 Å². The Balaban J connectivity index is 1.44. The fraction of sp³-hybridized carbons (Fsp3) is 0.172. The molecule has 3 aromatic heterocycles. The van der Waals surface area contributed by atoms with E-state index in [-0.39, 0.29) is 16.8 Å². The summed E-state index contributed by atoms with van der Waals surface area (Å²) in [4.78, 5) is 21.3. The second kappa shape index (κ2) is 10.5. The van der Waals surface area contributed by atoms with Crippen LogP contribution in [-0.4, -0.2) is 48.8 Å². The van der Waals surface area contributed by atoms with Crippen molar-refractivity contribution in [2.45, 2.75) is 17.9 Å². The minimum atomic E-state index is -3.81. The molecule has 0 aliphatic rings. The minimum Gasteiger partial charge on any atom is -0.343 e. The number of thiophene rings is 1. The van der Waals surface area contributed by atoms with Crippen LogP contribution >= 0.6 is 11.3 Å². The number of fused-ring (bicyclic) bond motifs is 1. The fourth-order valence-corrected chi connectivity index (χ4v) is 6.62. The van der Waals surface area contributed by atoms with E-state index in [1.54, 1.807) is 42.6 Å². The van der Waals surface area contributed by atoms with Gasteiger partial charge in [-0.1, -0.05) is 48.0 Å². The molecule has 194 valence electrons. The number of nitrogens with one attached hydrogen (secondary N) is 1. The predicted octanol–water partition coefficient (Wildman–Crippen LogP) is 5.34. The van der Waals surface area contributed by atoms with E-state index in [0.717, 1.165) is 21.6 Å². The third-order valence-electron chi connectivity index (χ3n) is 6.28. The summed E-state index contributed by atoms with van der Waals surface area (Å²) in [7, 11) is 0.148. The maximum Gasteiger partial charge on any atom is 0.269 e. The second-order valence-corrected chi connectivity index (χ2v) is 12.3. The van der Waals surface area contributed by atoms with Crippen LogP contribution in [-0.2, 0) is 10.0 Å². The summed E-state index contributed by atoms with van der Waals surface area (Å²) in [6.45, 7) is 2.58. The molecule has 0 aliphatic heterocycles. The number of carbonyl (C=O) groups is 1. The fourth-order valence-electron chi connectivity index (χ4n) is 4.37. The summed E-state index contributed by atoms with van der Waals surface area (Å²) < 4.78 is 27.9. The van der Waals surface area contributed by atoms with E-state index in [2.05, 4.69) is 10.3 Å². The van der Waals surface area contributed by atoms with Crippen molar-refractivity contribution in [2.24, 2.45) is 0 Å². The van der Waals surface area contributed by atoms with Gasteiger partial charge in [-0.05, 0) is 63.0 Å². The van der Waals surface area contributed by atoms with Crippen molar-refractivity contribution < 1.29 is 13.2 Å². The van der Waals surface area contributed by atoms with Crippen molar-refractivity contribution in [2.75, 3.05) is 20.6 Å². The highest BCUT2D eigenvalue weighted by molar-refractivity contribution is 7.90. The SMILES string of the molecule is Cc1ccc(S(=O)(=O)n2ccc3c(-c4ccc(C(=O)NC(CN(C)C)c5ccccc5)s4)ccnc32)cc1. The largest absolute Gasteiger partial charge is 0.343 e. The van der Waals surface area contributed by atoms with Gasteiger partial charge >= 0.3 is 0 Å². The lowest BCUT2D eigenvalue weighted by Crippen LogP contribution is -2.34. The van der Waals surface area contributed by atoms with E-state index >= 15 is 0 Å². The first kappa shape index (κ1) is 25.8. The summed E-state index contributed by atoms with van der Waals surface area (Å²) in [6, 6.07) is 23.8. The van der Waals surface area contributed by atoms with Gasteiger partial charge < -0.3 is 10.2 Å². The number of hydrogen-bond donors (Lipinski definition) is 1. The predicted molar refractivity (Wildman–Crippen MR) is 152 cm³/mol. The van der Waals surface area contributed by atoms with Gasteiger partial charge in [-0.25, -0.2) is 17.4 Å². The van der Waals surface area contributed by atoms with E-state index in [1.165, 1.54) is 21.5 Å². The van der Waals surface area contributed by atoms with E-state index in [1.807, 2.05) is 68.4 Å². The Morgan fingerprint density at radius 2 is 1.74 bits per heavy atom. The lowest BCUT2D eigenvalue weighted by Gasteiger charge is -2.22. The zero-order chi connectivity index (χ0) is 26.9. The molecule has 0 spiro atoms. The molecule has 0 radical (unpaired) electrons. The Morgan fingerprint density at radius 1 is 1.00 bits per heavy atom. The summed E-state index contributed by atoms with van der Waals surface area (Å²) in [5, 5.41) is 3.86. The number of amides is 1. The quantitative estimate of drug-likeness (QED) is 0.285. The number of carbonyl (C=O) groups excluding carboxylic acids is 1. The molecule has 5 rings (SSSR count). The maximum atomic E-state index is 13.3. The van der Waals surface area contributed by atoms with Crippen LogP contribution in [0.2, 0.25) is 0 Å². The number of hydrogen-bond acceptors (Lipinski definition) is 6. The van der Waals surface area contributed by atoms with Crippen LogP contribution in [0.25, 0.3) is 21.5 Å². The number of aromatic nitrogens is 2. The Bertz CT molecular complexity index is 1690. The Hall–Kier alpha value is -3.79. The highest BCUT2D eigenvalue weighted by Gasteiger charge is 2.22. The van der Waals surface area contributed by atoms with E-state index in [9.17, 15) is 13.2 Å². The van der Waals surface area contributed by atoms with Crippen LogP contribution in [0.5, 0.6) is 0 Å². The topological polar surface area (TPSA) is 84.3 Å². The van der Waals surface area contributed by atoms with Crippen LogP contribution in [0.1, 0.15) is 26.8 Å². The average Bonchev–Trinajstić information content (AvgIpc) is 3.57. The van der Waals surface area contributed by atoms with Crippen molar-refractivity contribution in [3.8, 4) is 10.4 Å². The summed E-state index contributed by atoms with van der Waals surface area (Å²) in [5.74, 6) is -0.151. The molecule has 1 N–H and O–H groups in total. The number of likely N-dealkylation sites (N-methyl/N-ethyl adjacent to an activating group) is 1. The molecule has 1 amide bonds. The number of aryl methyl sites for hydroxylation is 1. The first-order chi connectivity index (χ1) is 18.2. The molecule has 7 nitrogen and oxygen atoms in total. The first-order valence-electron chi connectivity index (χ1n) is 12.1. The molecule has 0 aliphatic carbocycles. The molecule has 9 heteroatoms. The molecule has 38 heavy (non-hydrogen) atoms. The molecule has 0 saturated carbocycles. The smallest absolute Gasteiger partial charge is 0.269 e. The zero-order valence-electron chi connectivity index (χ0n) is 21.3. The number of rotatable bonds is 8. The van der Waals surface area contributed by atoms with Gasteiger partial charge in [-0.2, -0.15) is 0 Å². The lowest BCUT2D eigenvalue weighted by atomic mass is 10.1. The Morgan fingerprint density at radius 3 is 2.45 bits per heavy atom. The van der Waals surface area contributed by atoms with Gasteiger partial charge in [0.1, 0.15) is 0 Å². The molecular formula is C29H28N4O3S2. The summed E-state index contributed by atoms with van der Waals surface area (Å²) >= 11 is 1.37. The highest BCUT2D eigenvalue weighted by Crippen LogP contribution is 2.34. The standard InChI is InChI=1S/C29H28N4O3S2/c1-20-9-11-22(12-10-20)38(35,36)33-18-16-24-23(15-17-30-28(24)33)26-13-14-27(37-26)29(34)31-25(19-32(2)3)21-7-5-4-6-8-21/h4-18,25H,19H2,1-3H3,(H,31,34). The van der Waals surface area contributed by atoms with Crippen molar-refractivity contribution in [3.63, 3.8) is 0 Å². The van der Waals surface area contributed by atoms with Crippen LogP contribution in [0.3, 0.4) is 0 Å². The molecule has 0 bridgehead atoms. The van der Waals surface area contributed by atoms with Gasteiger partial charge in [0.2, 0.25) is 0 Å². The summed E-state index contributed by atoms with van der Waals surface area (Å²) in [5.41, 5.74) is 3.19. The molecule has 0 saturated heterocycles. The van der Waals surface area contributed by atoms with Gasteiger partial charge in [0, 0.05) is 34.8 Å². The maximum absolute atomic E-state index is 13.3. The molecule has 2 aromatic carbocycles. The van der Waals surface area contributed by atoms with Crippen molar-refractivity contribution in [1.29, 1.82) is 0 Å². The lowest BCUT2D eigenvalue weighted by molar-refractivity contribution is 0.0934. The third-order valence-corrected chi connectivity index (χ3v) is 9.08. The number of pyridine rings is 1. The monoisotopic (exact) mass is 544 g/mol.